The van der Waals surface area contributed by atoms with Gasteiger partial charge in [0.05, 0.1) is 17.6 Å². The van der Waals surface area contributed by atoms with Crippen molar-refractivity contribution in [1.82, 2.24) is 24.8 Å². The van der Waals surface area contributed by atoms with Crippen molar-refractivity contribution in [2.75, 3.05) is 19.6 Å². The molecule has 2 aromatic heterocycles. The Balaban J connectivity index is 0.00000182. The van der Waals surface area contributed by atoms with Gasteiger partial charge >= 0.3 is 0 Å². The third kappa shape index (κ3) is 3.65. The number of benzene rings is 1. The molecule has 1 atom stereocenters. The van der Waals surface area contributed by atoms with Crippen molar-refractivity contribution in [2.24, 2.45) is 7.05 Å². The monoisotopic (exact) mass is 377 g/mol. The predicted octanol–water partition coefficient (Wildman–Crippen LogP) is 3.19. The van der Waals surface area contributed by atoms with E-state index in [0.717, 1.165) is 48.1 Å². The van der Waals surface area contributed by atoms with Gasteiger partial charge in [-0.05, 0) is 35.9 Å². The Morgan fingerprint density at radius 2 is 2.04 bits per heavy atom. The smallest absolute Gasteiger partial charge is 0.123 e. The molecule has 0 spiro atoms. The molecule has 3 aromatic rings. The largest absolute Gasteiger partial charge is 0.330 e. The van der Waals surface area contributed by atoms with Gasteiger partial charge in [0.1, 0.15) is 5.82 Å². The van der Waals surface area contributed by atoms with Crippen molar-refractivity contribution in [2.45, 2.75) is 12.6 Å². The summed E-state index contributed by atoms with van der Waals surface area (Å²) in [5.74, 6) is 1.06. The van der Waals surface area contributed by atoms with E-state index in [2.05, 4.69) is 38.9 Å². The summed E-state index contributed by atoms with van der Waals surface area (Å²) in [5, 5.41) is 4.22. The first-order chi connectivity index (χ1) is 11.7. The number of rotatable bonds is 3. The first kappa shape index (κ1) is 18.1. The minimum absolute atomic E-state index is 0. The van der Waals surface area contributed by atoms with E-state index >= 15 is 0 Å². The zero-order chi connectivity index (χ0) is 16.5. The molecule has 1 aliphatic rings. The molecular weight excluding hydrogens is 357 g/mol. The molecule has 5 nitrogen and oxygen atoms in total. The number of piperazine rings is 1. The highest BCUT2D eigenvalue weighted by Crippen LogP contribution is 2.25. The van der Waals surface area contributed by atoms with Crippen molar-refractivity contribution in [3.63, 3.8) is 0 Å². The number of fused-ring (bicyclic) bond motifs is 1. The maximum absolute atomic E-state index is 6.10. The summed E-state index contributed by atoms with van der Waals surface area (Å²) in [7, 11) is 2.07. The second kappa shape index (κ2) is 7.70. The van der Waals surface area contributed by atoms with Crippen LogP contribution in [0.4, 0.5) is 0 Å². The lowest BCUT2D eigenvalue weighted by molar-refractivity contribution is 0.149. The topological polar surface area (TPSA) is 46.0 Å². The van der Waals surface area contributed by atoms with Crippen molar-refractivity contribution in [3.05, 3.63) is 59.1 Å². The van der Waals surface area contributed by atoms with E-state index in [-0.39, 0.29) is 12.4 Å². The Morgan fingerprint density at radius 1 is 1.24 bits per heavy atom. The molecule has 1 unspecified atom stereocenters. The highest BCUT2D eigenvalue weighted by molar-refractivity contribution is 6.31. The van der Waals surface area contributed by atoms with Gasteiger partial charge in [0, 0.05) is 50.1 Å². The second-order valence-electron chi connectivity index (χ2n) is 6.19. The maximum Gasteiger partial charge on any atom is 0.123 e. The number of nitrogens with zero attached hydrogens (tertiary/aromatic N) is 4. The number of aromatic nitrogens is 3. The van der Waals surface area contributed by atoms with Crippen LogP contribution in [-0.2, 0) is 13.6 Å². The molecule has 4 rings (SSSR count). The molecule has 7 heteroatoms. The number of halogens is 2. The van der Waals surface area contributed by atoms with Gasteiger partial charge in [0.15, 0.2) is 0 Å². The minimum atomic E-state index is 0. The van der Waals surface area contributed by atoms with Gasteiger partial charge < -0.3 is 9.88 Å². The van der Waals surface area contributed by atoms with Gasteiger partial charge in [-0.15, -0.1) is 12.4 Å². The summed E-state index contributed by atoms with van der Waals surface area (Å²) in [5.41, 5.74) is 3.36. The molecule has 0 saturated carbocycles. The van der Waals surface area contributed by atoms with Gasteiger partial charge in [-0.25, -0.2) is 4.98 Å². The third-order valence-corrected chi connectivity index (χ3v) is 4.96. The van der Waals surface area contributed by atoms with Crippen molar-refractivity contribution < 1.29 is 0 Å². The molecule has 0 bridgehead atoms. The Bertz CT molecular complexity index is 849. The molecule has 1 aliphatic heterocycles. The Kier molecular flexibility index (Phi) is 5.59. The summed E-state index contributed by atoms with van der Waals surface area (Å²) < 4.78 is 2.16. The normalized spacial score (nSPS) is 18.2. The van der Waals surface area contributed by atoms with Gasteiger partial charge in [-0.3, -0.25) is 9.88 Å². The van der Waals surface area contributed by atoms with Crippen LogP contribution >= 0.6 is 24.0 Å². The second-order valence-corrected chi connectivity index (χ2v) is 6.63. The lowest BCUT2D eigenvalue weighted by Crippen LogP contribution is -2.45. The summed E-state index contributed by atoms with van der Waals surface area (Å²) in [6.07, 6.45) is 3.72. The number of hydrogen-bond donors (Lipinski definition) is 1. The fourth-order valence-electron chi connectivity index (χ4n) is 3.40. The van der Waals surface area contributed by atoms with Crippen LogP contribution in [0.5, 0.6) is 0 Å². The first-order valence-electron chi connectivity index (χ1n) is 8.18. The zero-order valence-electron chi connectivity index (χ0n) is 14.0. The number of nitrogens with one attached hydrogen (secondary N) is 1. The van der Waals surface area contributed by atoms with Crippen LogP contribution in [0.3, 0.4) is 0 Å². The van der Waals surface area contributed by atoms with Crippen LogP contribution in [0.1, 0.15) is 17.4 Å². The standard InChI is InChI=1S/C18H20ClN5.ClH/c1-23-16-3-2-14(19)10-15(16)22-18(23)12-24-9-8-21-11-17(24)13-4-6-20-7-5-13;/h2-7,10,17,21H,8-9,11-12H2,1H3;1H. The van der Waals surface area contributed by atoms with E-state index in [1.54, 1.807) is 0 Å². The van der Waals surface area contributed by atoms with E-state index in [1.807, 2.05) is 30.6 Å². The zero-order valence-corrected chi connectivity index (χ0v) is 15.6. The molecular formula is C18H21Cl2N5. The Morgan fingerprint density at radius 3 is 2.84 bits per heavy atom. The number of aryl methyl sites for hydroxylation is 1. The van der Waals surface area contributed by atoms with Crippen LogP contribution in [0.15, 0.2) is 42.7 Å². The van der Waals surface area contributed by atoms with Gasteiger partial charge in [-0.1, -0.05) is 11.6 Å². The number of hydrogen-bond acceptors (Lipinski definition) is 4. The third-order valence-electron chi connectivity index (χ3n) is 4.73. The number of imidazole rings is 1. The average molecular weight is 378 g/mol. The van der Waals surface area contributed by atoms with Crippen molar-refractivity contribution in [3.8, 4) is 0 Å². The molecule has 3 heterocycles. The van der Waals surface area contributed by atoms with E-state index in [0.29, 0.717) is 6.04 Å². The molecule has 0 radical (unpaired) electrons. The van der Waals surface area contributed by atoms with Gasteiger partial charge in [-0.2, -0.15) is 0 Å². The summed E-state index contributed by atoms with van der Waals surface area (Å²) in [6.45, 7) is 3.76. The molecule has 0 aliphatic carbocycles. The van der Waals surface area contributed by atoms with Crippen LogP contribution in [0.2, 0.25) is 5.02 Å². The highest BCUT2D eigenvalue weighted by Gasteiger charge is 2.25. The van der Waals surface area contributed by atoms with Crippen LogP contribution < -0.4 is 5.32 Å². The molecule has 1 aromatic carbocycles. The fourth-order valence-corrected chi connectivity index (χ4v) is 3.56. The molecule has 1 saturated heterocycles. The summed E-state index contributed by atoms with van der Waals surface area (Å²) in [4.78, 5) is 11.4. The molecule has 1 N–H and O–H groups in total. The molecule has 25 heavy (non-hydrogen) atoms. The Hall–Kier alpha value is -1.66. The number of pyridine rings is 1. The molecule has 0 amide bonds. The van der Waals surface area contributed by atoms with E-state index in [4.69, 9.17) is 16.6 Å². The van der Waals surface area contributed by atoms with E-state index in [9.17, 15) is 0 Å². The van der Waals surface area contributed by atoms with Gasteiger partial charge in [0.2, 0.25) is 0 Å². The first-order valence-corrected chi connectivity index (χ1v) is 8.56. The molecule has 132 valence electrons. The lowest BCUT2D eigenvalue weighted by Gasteiger charge is -2.36. The predicted molar refractivity (Wildman–Crippen MR) is 103 cm³/mol. The van der Waals surface area contributed by atoms with E-state index < -0.39 is 0 Å². The van der Waals surface area contributed by atoms with Gasteiger partial charge in [0.25, 0.3) is 0 Å². The van der Waals surface area contributed by atoms with E-state index in [1.165, 1.54) is 5.56 Å². The average Bonchev–Trinajstić information content (AvgIpc) is 2.91. The maximum atomic E-state index is 6.10. The minimum Gasteiger partial charge on any atom is -0.330 e. The van der Waals surface area contributed by atoms with Crippen molar-refractivity contribution in [1.29, 1.82) is 0 Å². The van der Waals surface area contributed by atoms with Crippen LogP contribution in [0.25, 0.3) is 11.0 Å². The lowest BCUT2D eigenvalue weighted by atomic mass is 10.0. The van der Waals surface area contributed by atoms with Crippen LogP contribution in [0, 0.1) is 0 Å². The van der Waals surface area contributed by atoms with Crippen molar-refractivity contribution >= 4 is 35.0 Å². The summed E-state index contributed by atoms with van der Waals surface area (Å²) >= 11 is 6.10. The fraction of sp³-hybridized carbons (Fsp3) is 0.333. The SMILES string of the molecule is Cl.Cn1c(CN2CCNCC2c2ccncc2)nc2cc(Cl)ccc21. The molecule has 1 fully saturated rings. The quantitative estimate of drug-likeness (QED) is 0.761. The highest BCUT2D eigenvalue weighted by atomic mass is 35.5. The summed E-state index contributed by atoms with van der Waals surface area (Å²) in [6, 6.07) is 10.4. The Labute approximate surface area is 158 Å². The van der Waals surface area contributed by atoms with Crippen LogP contribution in [-0.4, -0.2) is 39.1 Å².